The summed E-state index contributed by atoms with van der Waals surface area (Å²) in [6.45, 7) is -2.33. The van der Waals surface area contributed by atoms with E-state index in [1.54, 1.807) is 12.1 Å². The molecule has 2 aromatic rings. The Labute approximate surface area is 156 Å². The van der Waals surface area contributed by atoms with Crippen LogP contribution in [0.3, 0.4) is 0 Å². The Morgan fingerprint density at radius 3 is 2.54 bits per heavy atom. The van der Waals surface area contributed by atoms with Crippen LogP contribution in [0.5, 0.6) is 5.75 Å². The van der Waals surface area contributed by atoms with Crippen molar-refractivity contribution in [1.82, 2.24) is 4.90 Å². The fourth-order valence-electron chi connectivity index (χ4n) is 3.28. The normalized spacial score (nSPS) is 19.7. The van der Waals surface area contributed by atoms with Crippen LogP contribution in [0.25, 0.3) is 0 Å². The first-order valence-electron chi connectivity index (χ1n) is 8.22. The number of aryl methyl sites for hydroxylation is 1. The molecule has 0 spiro atoms. The van der Waals surface area contributed by atoms with Gasteiger partial charge in [-0.3, -0.25) is 0 Å². The van der Waals surface area contributed by atoms with Crippen LogP contribution in [0.1, 0.15) is 16.7 Å². The standard InChI is InChI=1S/C19H20ClF2N3O/c1-25-12-19(24-18(25)23,14-5-3-2-4-6-14)15-7-8-16(26-17(21)22)13(11-15)9-10-20/h2-8,11,17H,9-10,12H2,1H3,(H2,23,24). The van der Waals surface area contributed by atoms with Crippen LogP contribution in [0.15, 0.2) is 53.5 Å². The van der Waals surface area contributed by atoms with Gasteiger partial charge in [0.2, 0.25) is 0 Å². The molecule has 3 rings (SSSR count). The van der Waals surface area contributed by atoms with Crippen LogP contribution in [-0.4, -0.2) is 36.9 Å². The van der Waals surface area contributed by atoms with Gasteiger partial charge in [0.1, 0.15) is 11.3 Å². The van der Waals surface area contributed by atoms with E-state index >= 15 is 0 Å². The number of ether oxygens (including phenoxy) is 1. The SMILES string of the molecule is CN1CC(c2ccccc2)(c2ccc(OC(F)F)c(CCCl)c2)N=C1N. The number of hydrogen-bond acceptors (Lipinski definition) is 4. The van der Waals surface area contributed by atoms with E-state index in [0.29, 0.717) is 30.4 Å². The molecule has 0 aromatic heterocycles. The first-order valence-corrected chi connectivity index (χ1v) is 8.76. The minimum atomic E-state index is -2.88. The highest BCUT2D eigenvalue weighted by molar-refractivity contribution is 6.18. The second kappa shape index (κ2) is 7.50. The lowest BCUT2D eigenvalue weighted by atomic mass is 9.82. The van der Waals surface area contributed by atoms with E-state index in [0.717, 1.165) is 11.1 Å². The van der Waals surface area contributed by atoms with Crippen LogP contribution in [0.2, 0.25) is 0 Å². The second-order valence-corrected chi connectivity index (χ2v) is 6.57. The number of hydrogen-bond donors (Lipinski definition) is 1. The molecule has 0 saturated heterocycles. The molecule has 0 radical (unpaired) electrons. The Balaban J connectivity index is 2.12. The molecule has 1 unspecified atom stereocenters. The number of alkyl halides is 3. The molecule has 0 fully saturated rings. The Morgan fingerprint density at radius 1 is 1.23 bits per heavy atom. The molecule has 138 valence electrons. The highest BCUT2D eigenvalue weighted by Gasteiger charge is 2.41. The molecule has 2 aromatic carbocycles. The van der Waals surface area contributed by atoms with Crippen LogP contribution in [-0.2, 0) is 12.0 Å². The number of rotatable bonds is 6. The molecule has 7 heteroatoms. The quantitative estimate of drug-likeness (QED) is 0.780. The third-order valence-electron chi connectivity index (χ3n) is 4.53. The number of likely N-dealkylation sites (N-methyl/N-ethyl adjacent to an activating group) is 1. The van der Waals surface area contributed by atoms with Crippen molar-refractivity contribution >= 4 is 17.6 Å². The van der Waals surface area contributed by atoms with Gasteiger partial charge in [0.25, 0.3) is 0 Å². The summed E-state index contributed by atoms with van der Waals surface area (Å²) in [5.74, 6) is 0.865. The highest BCUT2D eigenvalue weighted by atomic mass is 35.5. The van der Waals surface area contributed by atoms with Gasteiger partial charge < -0.3 is 15.4 Å². The third kappa shape index (κ3) is 3.46. The van der Waals surface area contributed by atoms with Gasteiger partial charge in [0, 0.05) is 12.9 Å². The van der Waals surface area contributed by atoms with Gasteiger partial charge in [-0.2, -0.15) is 8.78 Å². The molecule has 0 amide bonds. The predicted octanol–water partition coefficient (Wildman–Crippen LogP) is 3.57. The number of guanidine groups is 1. The number of aliphatic imine (C=N–C) groups is 1. The first kappa shape index (κ1) is 18.5. The summed E-state index contributed by atoms with van der Waals surface area (Å²) in [6, 6.07) is 14.9. The van der Waals surface area contributed by atoms with Crippen molar-refractivity contribution in [2.75, 3.05) is 19.5 Å². The van der Waals surface area contributed by atoms with Crippen LogP contribution < -0.4 is 10.5 Å². The minimum absolute atomic E-state index is 0.135. The van der Waals surface area contributed by atoms with E-state index in [4.69, 9.17) is 22.3 Å². The molecule has 0 aliphatic carbocycles. The minimum Gasteiger partial charge on any atom is -0.435 e. The largest absolute Gasteiger partial charge is 0.435 e. The molecule has 1 aliphatic heterocycles. The van der Waals surface area contributed by atoms with Crippen LogP contribution in [0.4, 0.5) is 8.78 Å². The van der Waals surface area contributed by atoms with Crippen molar-refractivity contribution in [1.29, 1.82) is 0 Å². The van der Waals surface area contributed by atoms with Crippen molar-refractivity contribution in [2.24, 2.45) is 10.7 Å². The Bertz CT molecular complexity index is 801. The van der Waals surface area contributed by atoms with E-state index < -0.39 is 12.2 Å². The fraction of sp³-hybridized carbons (Fsp3) is 0.316. The van der Waals surface area contributed by atoms with Gasteiger partial charge in [-0.1, -0.05) is 36.4 Å². The van der Waals surface area contributed by atoms with Crippen LogP contribution in [0, 0.1) is 0 Å². The smallest absolute Gasteiger partial charge is 0.387 e. The zero-order valence-electron chi connectivity index (χ0n) is 14.3. The average Bonchev–Trinajstić information content (AvgIpc) is 2.93. The van der Waals surface area contributed by atoms with Crippen molar-refractivity contribution < 1.29 is 13.5 Å². The topological polar surface area (TPSA) is 50.8 Å². The van der Waals surface area contributed by atoms with Gasteiger partial charge in [-0.15, -0.1) is 11.6 Å². The van der Waals surface area contributed by atoms with Crippen molar-refractivity contribution in [3.63, 3.8) is 0 Å². The van der Waals surface area contributed by atoms with Crippen molar-refractivity contribution in [2.45, 2.75) is 18.6 Å². The molecular formula is C19H20ClF2N3O. The van der Waals surface area contributed by atoms with E-state index in [9.17, 15) is 8.78 Å². The highest BCUT2D eigenvalue weighted by Crippen LogP contribution is 2.39. The number of nitrogens with zero attached hydrogens (tertiary/aromatic N) is 2. The lowest BCUT2D eigenvalue weighted by Gasteiger charge is -2.29. The molecule has 1 atom stereocenters. The van der Waals surface area contributed by atoms with Gasteiger partial charge in [-0.25, -0.2) is 4.99 Å². The second-order valence-electron chi connectivity index (χ2n) is 6.19. The van der Waals surface area contributed by atoms with Gasteiger partial charge >= 0.3 is 6.61 Å². The summed E-state index contributed by atoms with van der Waals surface area (Å²) in [6.07, 6.45) is 0.414. The molecule has 4 nitrogen and oxygen atoms in total. The van der Waals surface area contributed by atoms with E-state index in [1.165, 1.54) is 0 Å². The van der Waals surface area contributed by atoms with E-state index in [-0.39, 0.29) is 5.75 Å². The molecule has 2 N–H and O–H groups in total. The monoisotopic (exact) mass is 379 g/mol. The van der Waals surface area contributed by atoms with E-state index in [2.05, 4.69) is 4.74 Å². The number of benzene rings is 2. The first-order chi connectivity index (χ1) is 12.5. The summed E-state index contributed by atoms with van der Waals surface area (Å²) in [5, 5.41) is 0. The van der Waals surface area contributed by atoms with Gasteiger partial charge in [0.05, 0.1) is 6.54 Å². The summed E-state index contributed by atoms with van der Waals surface area (Å²) in [5.41, 5.74) is 7.81. The summed E-state index contributed by atoms with van der Waals surface area (Å²) in [7, 11) is 1.87. The predicted molar refractivity (Wildman–Crippen MR) is 99.0 cm³/mol. The van der Waals surface area contributed by atoms with Gasteiger partial charge in [-0.05, 0) is 35.2 Å². The Morgan fingerprint density at radius 2 is 1.96 bits per heavy atom. The number of halogens is 3. The van der Waals surface area contributed by atoms with Crippen molar-refractivity contribution in [3.8, 4) is 5.75 Å². The summed E-state index contributed by atoms with van der Waals surface area (Å²) in [4.78, 5) is 6.60. The third-order valence-corrected chi connectivity index (χ3v) is 4.72. The molecule has 1 aliphatic rings. The fourth-order valence-corrected chi connectivity index (χ4v) is 3.48. The Hall–Kier alpha value is -2.34. The van der Waals surface area contributed by atoms with E-state index in [1.807, 2.05) is 48.3 Å². The molecule has 0 bridgehead atoms. The van der Waals surface area contributed by atoms with Crippen molar-refractivity contribution in [3.05, 3.63) is 65.2 Å². The van der Waals surface area contributed by atoms with Gasteiger partial charge in [0.15, 0.2) is 5.96 Å². The zero-order chi connectivity index (χ0) is 18.7. The maximum absolute atomic E-state index is 12.7. The summed E-state index contributed by atoms with van der Waals surface area (Å²) >= 11 is 5.86. The molecule has 0 saturated carbocycles. The average molecular weight is 380 g/mol. The Kier molecular flexibility index (Phi) is 5.32. The molecule has 1 heterocycles. The maximum Gasteiger partial charge on any atom is 0.387 e. The molecule has 26 heavy (non-hydrogen) atoms. The lowest BCUT2D eigenvalue weighted by Crippen LogP contribution is -2.34. The van der Waals surface area contributed by atoms with Crippen LogP contribution >= 0.6 is 11.6 Å². The molecular weight excluding hydrogens is 360 g/mol. The summed E-state index contributed by atoms with van der Waals surface area (Å²) < 4.78 is 30.0. The lowest BCUT2D eigenvalue weighted by molar-refractivity contribution is -0.0504. The maximum atomic E-state index is 12.7. The number of nitrogens with two attached hydrogens (primary N) is 1. The zero-order valence-corrected chi connectivity index (χ0v) is 15.1.